The van der Waals surface area contributed by atoms with Crippen LogP contribution in [0.1, 0.15) is 51.7 Å². The third-order valence-electron chi connectivity index (χ3n) is 7.40. The summed E-state index contributed by atoms with van der Waals surface area (Å²) >= 11 is 0. The summed E-state index contributed by atoms with van der Waals surface area (Å²) in [5, 5.41) is 16.0. The van der Waals surface area contributed by atoms with Crippen LogP contribution in [0.4, 0.5) is 0 Å². The van der Waals surface area contributed by atoms with E-state index in [1.807, 2.05) is 88.4 Å². The number of carbonyl (C=O) groups excluding carboxylic acids is 6. The summed E-state index contributed by atoms with van der Waals surface area (Å²) in [6.07, 6.45) is 0.828. The summed E-state index contributed by atoms with van der Waals surface area (Å²) in [7, 11) is 0. The van der Waals surface area contributed by atoms with Gasteiger partial charge in [0, 0.05) is 12.8 Å². The number of hydrogen-bond donors (Lipinski definition) is 6. The van der Waals surface area contributed by atoms with Gasteiger partial charge in [-0.05, 0) is 35.8 Å². The molecule has 0 aliphatic carbocycles. The van der Waals surface area contributed by atoms with E-state index in [4.69, 9.17) is 0 Å². The Morgan fingerprint density at radius 3 is 1.30 bits per heavy atom. The molecule has 0 saturated carbocycles. The summed E-state index contributed by atoms with van der Waals surface area (Å²) < 4.78 is 0. The van der Waals surface area contributed by atoms with E-state index in [0.717, 1.165) is 11.1 Å². The average molecular weight is 635 g/mol. The van der Waals surface area contributed by atoms with Crippen LogP contribution in [0.3, 0.4) is 0 Å². The molecule has 0 spiro atoms. The van der Waals surface area contributed by atoms with Crippen molar-refractivity contribution in [1.29, 1.82) is 0 Å². The van der Waals surface area contributed by atoms with Gasteiger partial charge in [0.05, 0.1) is 13.1 Å². The van der Waals surface area contributed by atoms with E-state index in [2.05, 4.69) is 31.9 Å². The number of rotatable bonds is 8. The molecule has 3 rings (SSSR count). The lowest BCUT2D eigenvalue weighted by Gasteiger charge is -2.26. The van der Waals surface area contributed by atoms with E-state index in [1.54, 1.807) is 0 Å². The SMILES string of the molecule is CC(C)CC1NC(=O)CNC(=O)C(CC(C)C)NC(=O)C(Cc2ccccc2)NC(=O)CNC(=O)C(Cc2ccccc2)NC1=O. The van der Waals surface area contributed by atoms with Crippen LogP contribution in [0, 0.1) is 11.8 Å². The van der Waals surface area contributed by atoms with Crippen LogP contribution in [-0.2, 0) is 41.6 Å². The van der Waals surface area contributed by atoms with Crippen molar-refractivity contribution in [2.45, 2.75) is 77.5 Å². The molecule has 6 N–H and O–H groups in total. The molecule has 0 bridgehead atoms. The summed E-state index contributed by atoms with van der Waals surface area (Å²) in [5.41, 5.74) is 1.55. The second kappa shape index (κ2) is 17.7. The van der Waals surface area contributed by atoms with Crippen LogP contribution in [-0.4, -0.2) is 72.7 Å². The first-order valence-corrected chi connectivity index (χ1v) is 15.7. The van der Waals surface area contributed by atoms with Gasteiger partial charge in [-0.2, -0.15) is 0 Å². The molecule has 4 unspecified atom stereocenters. The lowest BCUT2D eigenvalue weighted by atomic mass is 10.0. The van der Waals surface area contributed by atoms with E-state index in [9.17, 15) is 28.8 Å². The summed E-state index contributed by atoms with van der Waals surface area (Å²) in [4.78, 5) is 79.7. The number of amides is 6. The molecule has 248 valence electrons. The van der Waals surface area contributed by atoms with E-state index in [-0.39, 0.29) is 37.5 Å². The zero-order chi connectivity index (χ0) is 33.6. The van der Waals surface area contributed by atoms with Gasteiger partial charge in [0.1, 0.15) is 24.2 Å². The van der Waals surface area contributed by atoms with Gasteiger partial charge < -0.3 is 31.9 Å². The minimum absolute atomic E-state index is 0.0167. The first kappa shape index (κ1) is 35.7. The molecule has 1 saturated heterocycles. The fraction of sp³-hybridized carbons (Fsp3) is 0.471. The van der Waals surface area contributed by atoms with Crippen molar-refractivity contribution < 1.29 is 28.8 Å². The highest BCUT2D eigenvalue weighted by molar-refractivity contribution is 5.96. The fourth-order valence-electron chi connectivity index (χ4n) is 5.14. The maximum Gasteiger partial charge on any atom is 0.243 e. The maximum atomic E-state index is 13.5. The predicted molar refractivity (Wildman–Crippen MR) is 173 cm³/mol. The van der Waals surface area contributed by atoms with Crippen molar-refractivity contribution in [3.63, 3.8) is 0 Å². The normalized spacial score (nSPS) is 22.5. The Kier molecular flexibility index (Phi) is 13.7. The molecule has 2 aromatic rings. The van der Waals surface area contributed by atoms with Crippen LogP contribution in [0.5, 0.6) is 0 Å². The third-order valence-corrected chi connectivity index (χ3v) is 7.40. The van der Waals surface area contributed by atoms with Gasteiger partial charge >= 0.3 is 0 Å². The smallest absolute Gasteiger partial charge is 0.243 e. The maximum absolute atomic E-state index is 13.5. The first-order valence-electron chi connectivity index (χ1n) is 15.7. The fourth-order valence-corrected chi connectivity index (χ4v) is 5.14. The Balaban J connectivity index is 1.92. The lowest BCUT2D eigenvalue weighted by molar-refractivity contribution is -0.135. The number of nitrogens with one attached hydrogen (secondary N) is 6. The van der Waals surface area contributed by atoms with Crippen molar-refractivity contribution in [2.75, 3.05) is 13.1 Å². The predicted octanol–water partition coefficient (Wildman–Crippen LogP) is 0.749. The molecule has 1 aliphatic heterocycles. The van der Waals surface area contributed by atoms with Gasteiger partial charge in [0.15, 0.2) is 0 Å². The molecule has 6 amide bonds. The highest BCUT2D eigenvalue weighted by Gasteiger charge is 2.31. The zero-order valence-electron chi connectivity index (χ0n) is 26.9. The minimum Gasteiger partial charge on any atom is -0.345 e. The summed E-state index contributed by atoms with van der Waals surface area (Å²) in [5.74, 6) is -3.50. The van der Waals surface area contributed by atoms with Crippen molar-refractivity contribution >= 4 is 35.4 Å². The highest BCUT2D eigenvalue weighted by atomic mass is 16.2. The van der Waals surface area contributed by atoms with E-state index < -0.39 is 72.7 Å². The minimum atomic E-state index is -1.06. The Morgan fingerprint density at radius 1 is 0.500 bits per heavy atom. The molecule has 1 fully saturated rings. The molecule has 1 aliphatic rings. The van der Waals surface area contributed by atoms with E-state index in [1.165, 1.54) is 0 Å². The zero-order valence-corrected chi connectivity index (χ0v) is 26.9. The van der Waals surface area contributed by atoms with Crippen LogP contribution in [0.25, 0.3) is 0 Å². The number of benzene rings is 2. The molecule has 12 heteroatoms. The molecule has 0 aromatic heterocycles. The molecule has 12 nitrogen and oxygen atoms in total. The monoisotopic (exact) mass is 634 g/mol. The van der Waals surface area contributed by atoms with Crippen molar-refractivity contribution in [3.05, 3.63) is 71.8 Å². The van der Waals surface area contributed by atoms with Gasteiger partial charge in [-0.15, -0.1) is 0 Å². The number of carbonyl (C=O) groups is 6. The van der Waals surface area contributed by atoms with Crippen LogP contribution >= 0.6 is 0 Å². The van der Waals surface area contributed by atoms with E-state index in [0.29, 0.717) is 0 Å². The lowest BCUT2D eigenvalue weighted by Crippen LogP contribution is -2.59. The second-order valence-electron chi connectivity index (χ2n) is 12.4. The molecule has 1 heterocycles. The molecule has 46 heavy (non-hydrogen) atoms. The molecular formula is C34H46N6O6. The third kappa shape index (κ3) is 12.0. The topological polar surface area (TPSA) is 175 Å². The van der Waals surface area contributed by atoms with Crippen molar-refractivity contribution in [2.24, 2.45) is 11.8 Å². The van der Waals surface area contributed by atoms with Gasteiger partial charge in [-0.3, -0.25) is 28.8 Å². The van der Waals surface area contributed by atoms with Crippen LogP contribution < -0.4 is 31.9 Å². The average Bonchev–Trinajstić information content (AvgIpc) is 3.01. The molecule has 0 radical (unpaired) electrons. The van der Waals surface area contributed by atoms with Gasteiger partial charge in [0.25, 0.3) is 0 Å². The van der Waals surface area contributed by atoms with Gasteiger partial charge in [-0.25, -0.2) is 0 Å². The van der Waals surface area contributed by atoms with Gasteiger partial charge in [-0.1, -0.05) is 88.4 Å². The highest BCUT2D eigenvalue weighted by Crippen LogP contribution is 2.10. The Morgan fingerprint density at radius 2 is 0.848 bits per heavy atom. The summed E-state index contributed by atoms with van der Waals surface area (Å²) in [6.45, 7) is 6.69. The largest absolute Gasteiger partial charge is 0.345 e. The van der Waals surface area contributed by atoms with Crippen LogP contribution in [0.15, 0.2) is 60.7 Å². The van der Waals surface area contributed by atoms with E-state index >= 15 is 0 Å². The molecule has 4 atom stereocenters. The van der Waals surface area contributed by atoms with Crippen molar-refractivity contribution in [1.82, 2.24) is 31.9 Å². The van der Waals surface area contributed by atoms with Crippen LogP contribution in [0.2, 0.25) is 0 Å². The molecular weight excluding hydrogens is 588 g/mol. The quantitative estimate of drug-likeness (QED) is 0.250. The molecule has 2 aromatic carbocycles. The van der Waals surface area contributed by atoms with Gasteiger partial charge in [0.2, 0.25) is 35.4 Å². The Hall–Kier alpha value is -4.74. The second-order valence-corrected chi connectivity index (χ2v) is 12.4. The standard InChI is InChI=1S/C34H46N6O6/c1-21(2)15-25-31(43)35-19-29(41)37-26(16-22(3)4)33(45)40-27(17-23-11-7-5-8-12-23)32(44)36-20-30(42)38-28(34(46)39-25)18-24-13-9-6-10-14-24/h5-14,21-22,25-28H,15-20H2,1-4H3,(H,35,43)(H,36,44)(H,37,41)(H,38,42)(H,39,46)(H,40,45). The Labute approximate surface area is 270 Å². The Bertz CT molecular complexity index is 1300. The summed E-state index contributed by atoms with van der Waals surface area (Å²) in [6, 6.07) is 14.1. The first-order chi connectivity index (χ1) is 21.9. The van der Waals surface area contributed by atoms with Crippen molar-refractivity contribution in [3.8, 4) is 0 Å². The number of hydrogen-bond acceptors (Lipinski definition) is 6.